The molecule has 0 fully saturated rings. The number of anilines is 1. The number of halogens is 1. The third-order valence-electron chi connectivity index (χ3n) is 3.36. The maximum Gasteiger partial charge on any atom is 0.126 e. The molecule has 0 aromatic heterocycles. The average molecular weight is 238 g/mol. The smallest absolute Gasteiger partial charge is 0.126 e. The number of benzene rings is 1. The molecule has 1 N–H and O–H groups in total. The van der Waals surface area contributed by atoms with Gasteiger partial charge in [-0.05, 0) is 58.0 Å². The zero-order valence-electron chi connectivity index (χ0n) is 11.6. The van der Waals surface area contributed by atoms with E-state index < -0.39 is 0 Å². The van der Waals surface area contributed by atoms with Crippen LogP contribution in [-0.2, 0) is 0 Å². The van der Waals surface area contributed by atoms with E-state index in [1.165, 1.54) is 0 Å². The lowest BCUT2D eigenvalue weighted by Gasteiger charge is -2.29. The Labute approximate surface area is 104 Å². The number of rotatable bonds is 4. The summed E-state index contributed by atoms with van der Waals surface area (Å²) in [4.78, 5) is 2.18. The van der Waals surface area contributed by atoms with Gasteiger partial charge in [-0.3, -0.25) is 0 Å². The number of hydrogen-bond donors (Lipinski definition) is 1. The number of aryl methyl sites for hydroxylation is 1. The Bertz CT molecular complexity index is 388. The van der Waals surface area contributed by atoms with Crippen LogP contribution in [0.5, 0.6) is 0 Å². The van der Waals surface area contributed by atoms with E-state index in [2.05, 4.69) is 24.1 Å². The van der Waals surface area contributed by atoms with E-state index in [9.17, 15) is 4.39 Å². The van der Waals surface area contributed by atoms with Gasteiger partial charge in [-0.25, -0.2) is 4.39 Å². The fourth-order valence-electron chi connectivity index (χ4n) is 1.77. The van der Waals surface area contributed by atoms with Crippen LogP contribution >= 0.6 is 0 Å². The monoisotopic (exact) mass is 238 g/mol. The summed E-state index contributed by atoms with van der Waals surface area (Å²) in [6, 6.07) is 4.10. The molecule has 1 aromatic carbocycles. The summed E-state index contributed by atoms with van der Waals surface area (Å²) in [6.07, 6.45) is 0. The number of nitrogens with zero attached hydrogens (tertiary/aromatic N) is 1. The second-order valence-corrected chi connectivity index (χ2v) is 4.88. The van der Waals surface area contributed by atoms with Crippen molar-refractivity contribution in [3.8, 4) is 0 Å². The highest BCUT2D eigenvalue weighted by molar-refractivity contribution is 5.57. The zero-order chi connectivity index (χ0) is 13.2. The van der Waals surface area contributed by atoms with Gasteiger partial charge < -0.3 is 10.2 Å². The Morgan fingerprint density at radius 1 is 1.24 bits per heavy atom. The molecule has 96 valence electrons. The Morgan fingerprint density at radius 2 is 1.82 bits per heavy atom. The average Bonchev–Trinajstić information content (AvgIpc) is 2.29. The van der Waals surface area contributed by atoms with Crippen molar-refractivity contribution in [3.05, 3.63) is 29.1 Å². The Balaban J connectivity index is 3.30. The molecule has 0 amide bonds. The number of hydrogen-bond acceptors (Lipinski definition) is 2. The molecule has 0 heterocycles. The van der Waals surface area contributed by atoms with Gasteiger partial charge in [0.1, 0.15) is 5.82 Å². The molecule has 1 atom stereocenters. The second-order valence-electron chi connectivity index (χ2n) is 4.88. The quantitative estimate of drug-likeness (QED) is 0.866. The predicted molar refractivity (Wildman–Crippen MR) is 72.2 cm³/mol. The Kier molecular flexibility index (Phi) is 4.52. The van der Waals surface area contributed by atoms with E-state index in [0.717, 1.165) is 11.3 Å². The zero-order valence-corrected chi connectivity index (χ0v) is 11.6. The fraction of sp³-hybridized carbons (Fsp3) is 0.571. The molecule has 0 saturated heterocycles. The van der Waals surface area contributed by atoms with E-state index in [1.807, 2.05) is 27.1 Å². The van der Waals surface area contributed by atoms with Crippen LogP contribution in [0.2, 0.25) is 0 Å². The summed E-state index contributed by atoms with van der Waals surface area (Å²) < 4.78 is 13.7. The largest absolute Gasteiger partial charge is 0.372 e. The minimum atomic E-state index is -0.136. The van der Waals surface area contributed by atoms with Crippen LogP contribution in [0.1, 0.15) is 37.9 Å². The van der Waals surface area contributed by atoms with Crippen LogP contribution in [-0.4, -0.2) is 20.1 Å². The summed E-state index contributed by atoms with van der Waals surface area (Å²) >= 11 is 0. The van der Waals surface area contributed by atoms with Crippen molar-refractivity contribution >= 4 is 5.69 Å². The third-order valence-corrected chi connectivity index (χ3v) is 3.36. The molecule has 0 aliphatic carbocycles. The standard InChI is InChI=1S/C14H23FN2/c1-9(2)17(6)14-7-10(3)13(15)8-12(14)11(4)16-5/h7-9,11,16H,1-6H3. The molecule has 1 unspecified atom stereocenters. The highest BCUT2D eigenvalue weighted by Gasteiger charge is 2.16. The normalized spacial score (nSPS) is 12.9. The summed E-state index contributed by atoms with van der Waals surface area (Å²) in [6.45, 7) is 8.11. The highest BCUT2D eigenvalue weighted by Crippen LogP contribution is 2.29. The van der Waals surface area contributed by atoms with Crippen molar-refractivity contribution in [2.24, 2.45) is 0 Å². The van der Waals surface area contributed by atoms with Crippen molar-refractivity contribution < 1.29 is 4.39 Å². The lowest BCUT2D eigenvalue weighted by molar-refractivity contribution is 0.598. The highest BCUT2D eigenvalue weighted by atomic mass is 19.1. The molecule has 17 heavy (non-hydrogen) atoms. The minimum absolute atomic E-state index is 0.136. The molecule has 0 aliphatic heterocycles. The van der Waals surface area contributed by atoms with Crippen LogP contribution < -0.4 is 10.2 Å². The first-order chi connectivity index (χ1) is 7.88. The molecular formula is C14H23FN2. The van der Waals surface area contributed by atoms with Gasteiger partial charge in [0.2, 0.25) is 0 Å². The van der Waals surface area contributed by atoms with Crippen LogP contribution in [0.25, 0.3) is 0 Å². The summed E-state index contributed by atoms with van der Waals surface area (Å²) in [5, 5.41) is 3.17. The van der Waals surface area contributed by atoms with E-state index in [1.54, 1.807) is 13.0 Å². The first-order valence-electron chi connectivity index (χ1n) is 6.08. The van der Waals surface area contributed by atoms with Gasteiger partial charge in [0, 0.05) is 24.8 Å². The van der Waals surface area contributed by atoms with Gasteiger partial charge in [-0.1, -0.05) is 0 Å². The van der Waals surface area contributed by atoms with Gasteiger partial charge in [0.05, 0.1) is 0 Å². The van der Waals surface area contributed by atoms with Crippen molar-refractivity contribution in [2.45, 2.75) is 39.8 Å². The summed E-state index contributed by atoms with van der Waals surface area (Å²) in [7, 11) is 3.94. The van der Waals surface area contributed by atoms with Crippen molar-refractivity contribution in [1.82, 2.24) is 5.32 Å². The molecule has 1 aromatic rings. The second kappa shape index (κ2) is 5.50. The van der Waals surface area contributed by atoms with Crippen LogP contribution in [0, 0.1) is 12.7 Å². The van der Waals surface area contributed by atoms with Gasteiger partial charge in [0.15, 0.2) is 0 Å². The SMILES string of the molecule is CNC(C)c1cc(F)c(C)cc1N(C)C(C)C. The van der Waals surface area contributed by atoms with E-state index in [-0.39, 0.29) is 11.9 Å². The molecule has 0 saturated carbocycles. The van der Waals surface area contributed by atoms with Gasteiger partial charge in [-0.15, -0.1) is 0 Å². The maximum absolute atomic E-state index is 13.7. The lowest BCUT2D eigenvalue weighted by atomic mass is 10.0. The van der Waals surface area contributed by atoms with Crippen LogP contribution in [0.4, 0.5) is 10.1 Å². The topological polar surface area (TPSA) is 15.3 Å². The van der Waals surface area contributed by atoms with Crippen molar-refractivity contribution in [3.63, 3.8) is 0 Å². The van der Waals surface area contributed by atoms with E-state index in [4.69, 9.17) is 0 Å². The van der Waals surface area contributed by atoms with Crippen LogP contribution in [0.15, 0.2) is 12.1 Å². The van der Waals surface area contributed by atoms with E-state index in [0.29, 0.717) is 11.6 Å². The van der Waals surface area contributed by atoms with Gasteiger partial charge in [-0.2, -0.15) is 0 Å². The maximum atomic E-state index is 13.7. The molecule has 1 rings (SSSR count). The first-order valence-corrected chi connectivity index (χ1v) is 6.08. The molecule has 0 radical (unpaired) electrons. The summed E-state index contributed by atoms with van der Waals surface area (Å²) in [5.74, 6) is -0.136. The van der Waals surface area contributed by atoms with Gasteiger partial charge >= 0.3 is 0 Å². The Hall–Kier alpha value is -1.09. The van der Waals surface area contributed by atoms with Crippen molar-refractivity contribution in [2.75, 3.05) is 19.0 Å². The molecule has 0 aliphatic rings. The number of nitrogens with one attached hydrogen (secondary N) is 1. The van der Waals surface area contributed by atoms with Crippen molar-refractivity contribution in [1.29, 1.82) is 0 Å². The minimum Gasteiger partial charge on any atom is -0.372 e. The lowest BCUT2D eigenvalue weighted by Crippen LogP contribution is -2.28. The first kappa shape index (κ1) is 14.0. The Morgan fingerprint density at radius 3 is 2.29 bits per heavy atom. The van der Waals surface area contributed by atoms with E-state index >= 15 is 0 Å². The summed E-state index contributed by atoms with van der Waals surface area (Å²) in [5.41, 5.74) is 2.80. The molecule has 3 heteroatoms. The third kappa shape index (κ3) is 2.97. The molecule has 0 bridgehead atoms. The molecule has 2 nitrogen and oxygen atoms in total. The van der Waals surface area contributed by atoms with Gasteiger partial charge in [0.25, 0.3) is 0 Å². The fourth-order valence-corrected chi connectivity index (χ4v) is 1.77. The van der Waals surface area contributed by atoms with Crippen LogP contribution in [0.3, 0.4) is 0 Å². The predicted octanol–water partition coefficient (Wildman–Crippen LogP) is 3.26. The molecular weight excluding hydrogens is 215 g/mol. The molecule has 0 spiro atoms.